The van der Waals surface area contributed by atoms with E-state index >= 15 is 0 Å². The summed E-state index contributed by atoms with van der Waals surface area (Å²) < 4.78 is 0. The van der Waals surface area contributed by atoms with E-state index in [2.05, 4.69) is 23.7 Å². The number of anilines is 1. The second-order valence-electron chi connectivity index (χ2n) is 5.41. The van der Waals surface area contributed by atoms with Gasteiger partial charge in [0, 0.05) is 24.3 Å². The number of carboxylic acid groups (broad SMARTS) is 1. The van der Waals surface area contributed by atoms with Crippen molar-refractivity contribution in [3.05, 3.63) is 45.7 Å². The van der Waals surface area contributed by atoms with E-state index in [1.54, 1.807) is 6.92 Å². The Bertz CT molecular complexity index is 790. The molecule has 0 unspecified atom stereocenters. The van der Waals surface area contributed by atoms with Gasteiger partial charge in [-0.05, 0) is 38.0 Å². The van der Waals surface area contributed by atoms with Crippen molar-refractivity contribution >= 4 is 11.7 Å². The molecule has 128 valence electrons. The van der Waals surface area contributed by atoms with Crippen LogP contribution in [0.15, 0.2) is 29.1 Å². The second kappa shape index (κ2) is 7.21. The van der Waals surface area contributed by atoms with Crippen molar-refractivity contribution < 1.29 is 15.0 Å². The highest BCUT2D eigenvalue weighted by Crippen LogP contribution is 2.30. The number of aromatic amines is 1. The minimum Gasteiger partial charge on any atom is -0.506 e. The summed E-state index contributed by atoms with van der Waals surface area (Å²) in [5.74, 6) is -1.90. The van der Waals surface area contributed by atoms with E-state index < -0.39 is 22.8 Å². The summed E-state index contributed by atoms with van der Waals surface area (Å²) in [6, 6.07) is 7.61. The molecule has 1 aromatic heterocycles. The average molecular weight is 330 g/mol. The molecule has 0 saturated heterocycles. The van der Waals surface area contributed by atoms with Crippen molar-refractivity contribution in [1.82, 2.24) is 4.98 Å². The van der Waals surface area contributed by atoms with Crippen molar-refractivity contribution in [2.45, 2.75) is 27.2 Å². The molecule has 0 amide bonds. The van der Waals surface area contributed by atoms with E-state index in [1.165, 1.54) is 0 Å². The Kier molecular flexibility index (Phi) is 5.28. The number of H-pyrrole nitrogens is 1. The number of hydrogen-bond donors (Lipinski definition) is 3. The number of rotatable bonds is 6. The molecule has 0 radical (unpaired) electrons. The van der Waals surface area contributed by atoms with Crippen LogP contribution in [0.5, 0.6) is 5.75 Å². The van der Waals surface area contributed by atoms with Gasteiger partial charge in [-0.25, -0.2) is 4.79 Å². The molecule has 0 saturated carbocycles. The topological polar surface area (TPSA) is 93.6 Å². The van der Waals surface area contributed by atoms with Crippen LogP contribution in [0.1, 0.15) is 36.7 Å². The number of pyridine rings is 1. The number of carbonyl (C=O) groups is 1. The Labute approximate surface area is 140 Å². The number of hydrogen-bond acceptors (Lipinski definition) is 4. The maximum Gasteiger partial charge on any atom is 0.345 e. The summed E-state index contributed by atoms with van der Waals surface area (Å²) in [7, 11) is 0. The van der Waals surface area contributed by atoms with Gasteiger partial charge >= 0.3 is 5.97 Å². The highest BCUT2D eigenvalue weighted by molar-refractivity contribution is 5.92. The van der Waals surface area contributed by atoms with E-state index in [0.717, 1.165) is 24.3 Å². The van der Waals surface area contributed by atoms with Crippen LogP contribution in [0, 0.1) is 0 Å². The molecule has 0 fully saturated rings. The fraction of sp³-hybridized carbons (Fsp3) is 0.333. The van der Waals surface area contributed by atoms with Crippen molar-refractivity contribution in [3.63, 3.8) is 0 Å². The van der Waals surface area contributed by atoms with Crippen LogP contribution in [0.25, 0.3) is 11.3 Å². The molecule has 1 aromatic carbocycles. The molecule has 2 rings (SSSR count). The molecular weight excluding hydrogens is 308 g/mol. The Hall–Kier alpha value is -2.76. The largest absolute Gasteiger partial charge is 0.506 e. The van der Waals surface area contributed by atoms with Gasteiger partial charge in [-0.1, -0.05) is 19.1 Å². The van der Waals surface area contributed by atoms with Gasteiger partial charge in [0.1, 0.15) is 5.75 Å². The maximum atomic E-state index is 12.0. The summed E-state index contributed by atoms with van der Waals surface area (Å²) in [4.78, 5) is 28.0. The number of nitrogens with zero attached hydrogens (tertiary/aromatic N) is 1. The molecule has 3 N–H and O–H groups in total. The van der Waals surface area contributed by atoms with Gasteiger partial charge < -0.3 is 20.1 Å². The standard InChI is InChI=1S/C18H22N2O4/c1-4-13-15(19-17(22)14(16(13)21)18(23)24)11-7-9-12(10-8-11)20(5-2)6-3/h7-10H,4-6H2,1-3H3,(H,23,24)(H2,19,21,22). The number of aromatic nitrogens is 1. The molecule has 0 bridgehead atoms. The zero-order valence-electron chi connectivity index (χ0n) is 14.1. The normalized spacial score (nSPS) is 10.6. The smallest absolute Gasteiger partial charge is 0.345 e. The molecule has 0 atom stereocenters. The molecule has 0 aliphatic carbocycles. The summed E-state index contributed by atoms with van der Waals surface area (Å²) >= 11 is 0. The minimum atomic E-state index is -1.44. The van der Waals surface area contributed by atoms with E-state index in [1.807, 2.05) is 24.3 Å². The molecule has 0 aliphatic heterocycles. The molecular formula is C18H22N2O4. The van der Waals surface area contributed by atoms with Crippen LogP contribution >= 0.6 is 0 Å². The fourth-order valence-electron chi connectivity index (χ4n) is 2.85. The first-order chi connectivity index (χ1) is 11.4. The molecule has 6 nitrogen and oxygen atoms in total. The van der Waals surface area contributed by atoms with Crippen molar-refractivity contribution in [2.75, 3.05) is 18.0 Å². The predicted octanol–water partition coefficient (Wildman–Crippen LogP) is 2.85. The molecule has 0 aliphatic rings. The quantitative estimate of drug-likeness (QED) is 0.757. The molecule has 6 heteroatoms. The van der Waals surface area contributed by atoms with Crippen molar-refractivity contribution in [3.8, 4) is 17.0 Å². The van der Waals surface area contributed by atoms with E-state index in [0.29, 0.717) is 17.7 Å². The van der Waals surface area contributed by atoms with Gasteiger partial charge in [-0.3, -0.25) is 4.79 Å². The van der Waals surface area contributed by atoms with Crippen LogP contribution in [0.2, 0.25) is 0 Å². The van der Waals surface area contributed by atoms with Crippen molar-refractivity contribution in [1.29, 1.82) is 0 Å². The summed E-state index contributed by atoms with van der Waals surface area (Å²) in [6.45, 7) is 7.73. The Morgan fingerprint density at radius 1 is 1.12 bits per heavy atom. The van der Waals surface area contributed by atoms with Gasteiger partial charge in [0.25, 0.3) is 5.56 Å². The minimum absolute atomic E-state index is 0.399. The Morgan fingerprint density at radius 3 is 2.17 bits per heavy atom. The number of nitrogens with one attached hydrogen (secondary N) is 1. The summed E-state index contributed by atoms with van der Waals surface area (Å²) in [5, 5.41) is 19.3. The van der Waals surface area contributed by atoms with Gasteiger partial charge in [0.05, 0.1) is 5.69 Å². The lowest BCUT2D eigenvalue weighted by atomic mass is 10.0. The number of aromatic hydroxyl groups is 1. The number of benzene rings is 1. The van der Waals surface area contributed by atoms with Crippen LogP contribution in [-0.4, -0.2) is 34.3 Å². The van der Waals surface area contributed by atoms with Gasteiger partial charge in [0.2, 0.25) is 0 Å². The third-order valence-electron chi connectivity index (χ3n) is 4.14. The number of carboxylic acids is 1. The molecule has 24 heavy (non-hydrogen) atoms. The van der Waals surface area contributed by atoms with Gasteiger partial charge in [0.15, 0.2) is 5.56 Å². The third-order valence-corrected chi connectivity index (χ3v) is 4.14. The highest BCUT2D eigenvalue weighted by atomic mass is 16.4. The van der Waals surface area contributed by atoms with Crippen molar-refractivity contribution in [2.24, 2.45) is 0 Å². The Balaban J connectivity index is 2.57. The first-order valence-corrected chi connectivity index (χ1v) is 8.01. The zero-order chi connectivity index (χ0) is 17.9. The van der Waals surface area contributed by atoms with Crippen LogP contribution in [-0.2, 0) is 6.42 Å². The Morgan fingerprint density at radius 2 is 1.71 bits per heavy atom. The van der Waals surface area contributed by atoms with Gasteiger partial charge in [-0.2, -0.15) is 0 Å². The fourth-order valence-corrected chi connectivity index (χ4v) is 2.85. The van der Waals surface area contributed by atoms with Crippen LogP contribution in [0.3, 0.4) is 0 Å². The third kappa shape index (κ3) is 3.13. The van der Waals surface area contributed by atoms with Crippen LogP contribution < -0.4 is 10.5 Å². The SMILES string of the molecule is CCc1c(-c2ccc(N(CC)CC)cc2)[nH]c(=O)c(C(=O)O)c1O. The maximum absolute atomic E-state index is 12.0. The first-order valence-electron chi connectivity index (χ1n) is 8.01. The molecule has 0 spiro atoms. The number of aromatic carboxylic acids is 1. The first kappa shape index (κ1) is 17.6. The van der Waals surface area contributed by atoms with E-state index in [9.17, 15) is 14.7 Å². The molecule has 2 aromatic rings. The zero-order valence-corrected chi connectivity index (χ0v) is 14.1. The van der Waals surface area contributed by atoms with E-state index in [4.69, 9.17) is 5.11 Å². The summed E-state index contributed by atoms with van der Waals surface area (Å²) in [6.07, 6.45) is 0.399. The highest BCUT2D eigenvalue weighted by Gasteiger charge is 2.21. The monoisotopic (exact) mass is 330 g/mol. The summed E-state index contributed by atoms with van der Waals surface area (Å²) in [5.41, 5.74) is 1.25. The van der Waals surface area contributed by atoms with Crippen LogP contribution in [0.4, 0.5) is 5.69 Å². The lowest BCUT2D eigenvalue weighted by Crippen LogP contribution is -2.21. The van der Waals surface area contributed by atoms with E-state index in [-0.39, 0.29) is 0 Å². The lowest BCUT2D eigenvalue weighted by molar-refractivity contribution is 0.0691. The predicted molar refractivity (Wildman–Crippen MR) is 94.1 cm³/mol. The second-order valence-corrected chi connectivity index (χ2v) is 5.41. The average Bonchev–Trinajstić information content (AvgIpc) is 2.56. The molecule has 1 heterocycles. The van der Waals surface area contributed by atoms with Gasteiger partial charge in [-0.15, -0.1) is 0 Å². The lowest BCUT2D eigenvalue weighted by Gasteiger charge is -2.21.